The van der Waals surface area contributed by atoms with Crippen LogP contribution < -0.4 is 10.6 Å². The highest BCUT2D eigenvalue weighted by atomic mass is 19.1. The minimum atomic E-state index is -0.325. The third-order valence-electron chi connectivity index (χ3n) is 4.94. The zero-order valence-electron chi connectivity index (χ0n) is 16.1. The third kappa shape index (κ3) is 5.07. The molecule has 1 aliphatic rings. The summed E-state index contributed by atoms with van der Waals surface area (Å²) < 4.78 is 12.9. The number of rotatable bonds is 6. The Morgan fingerprint density at radius 3 is 2.39 bits per heavy atom. The lowest BCUT2D eigenvalue weighted by molar-refractivity contribution is -0.130. The van der Waals surface area contributed by atoms with Crippen molar-refractivity contribution in [1.82, 2.24) is 15.1 Å². The normalized spacial score (nSPS) is 16.5. The number of anilines is 1. The maximum Gasteiger partial charge on any atom is 0.319 e. The van der Waals surface area contributed by atoms with Crippen LogP contribution >= 0.6 is 0 Å². The van der Waals surface area contributed by atoms with Gasteiger partial charge < -0.3 is 15.5 Å². The van der Waals surface area contributed by atoms with E-state index in [-0.39, 0.29) is 23.8 Å². The lowest BCUT2D eigenvalue weighted by Crippen LogP contribution is -2.38. The Morgan fingerprint density at radius 1 is 1.14 bits per heavy atom. The molecule has 0 spiro atoms. The Labute approximate surface area is 164 Å². The lowest BCUT2D eigenvalue weighted by Gasteiger charge is -2.23. The van der Waals surface area contributed by atoms with Gasteiger partial charge in [-0.15, -0.1) is 0 Å². The molecular weight excluding hydrogens is 359 g/mol. The van der Waals surface area contributed by atoms with Gasteiger partial charge in [0.2, 0.25) is 5.91 Å². The van der Waals surface area contributed by atoms with Crippen LogP contribution in [0.25, 0.3) is 0 Å². The smallest absolute Gasteiger partial charge is 0.319 e. The first-order chi connectivity index (χ1) is 13.4. The number of hydrogen-bond donors (Lipinski definition) is 2. The standard InChI is InChI=1S/C21H25FN4O2/c1-25-12-11-19(20(25)27)26(2)14-16-5-9-18(10-6-16)24-21(28)23-13-15-3-7-17(22)8-4-15/h3-10,19H,11-14H2,1-2H3,(H2,23,24,28)/t19-/m1/s1. The van der Waals surface area contributed by atoms with Crippen molar-refractivity contribution >= 4 is 17.6 Å². The van der Waals surface area contributed by atoms with Gasteiger partial charge in [-0.1, -0.05) is 24.3 Å². The average Bonchev–Trinajstić information content (AvgIpc) is 3.02. The molecule has 1 atom stereocenters. The summed E-state index contributed by atoms with van der Waals surface area (Å²) >= 11 is 0. The van der Waals surface area contributed by atoms with E-state index in [2.05, 4.69) is 15.5 Å². The van der Waals surface area contributed by atoms with E-state index in [9.17, 15) is 14.0 Å². The molecular formula is C21H25FN4O2. The summed E-state index contributed by atoms with van der Waals surface area (Å²) in [5.74, 6) is -0.137. The van der Waals surface area contributed by atoms with Crippen molar-refractivity contribution < 1.29 is 14.0 Å². The summed E-state index contributed by atoms with van der Waals surface area (Å²) in [4.78, 5) is 27.9. The second-order valence-corrected chi connectivity index (χ2v) is 7.11. The molecule has 0 radical (unpaired) electrons. The quantitative estimate of drug-likeness (QED) is 0.805. The van der Waals surface area contributed by atoms with E-state index in [1.165, 1.54) is 12.1 Å². The molecule has 148 valence electrons. The molecule has 2 N–H and O–H groups in total. The van der Waals surface area contributed by atoms with Crippen molar-refractivity contribution in [2.45, 2.75) is 25.6 Å². The highest BCUT2D eigenvalue weighted by molar-refractivity contribution is 5.89. The minimum Gasteiger partial charge on any atom is -0.344 e. The average molecular weight is 384 g/mol. The topological polar surface area (TPSA) is 64.7 Å². The Kier molecular flexibility index (Phi) is 6.26. The summed E-state index contributed by atoms with van der Waals surface area (Å²) in [5, 5.41) is 5.51. The fraction of sp³-hybridized carbons (Fsp3) is 0.333. The van der Waals surface area contributed by atoms with Gasteiger partial charge >= 0.3 is 6.03 Å². The number of carbonyl (C=O) groups is 2. The first kappa shape index (κ1) is 19.8. The summed E-state index contributed by atoms with van der Waals surface area (Å²) in [6.45, 7) is 1.78. The number of carbonyl (C=O) groups excluding carboxylic acids is 2. The summed E-state index contributed by atoms with van der Waals surface area (Å²) in [6, 6.07) is 13.1. The number of hydrogen-bond acceptors (Lipinski definition) is 3. The molecule has 28 heavy (non-hydrogen) atoms. The van der Waals surface area contributed by atoms with Crippen molar-refractivity contribution in [2.75, 3.05) is 26.0 Å². The summed E-state index contributed by atoms with van der Waals surface area (Å²) in [6.07, 6.45) is 0.847. The van der Waals surface area contributed by atoms with Crippen molar-refractivity contribution in [3.8, 4) is 0 Å². The maximum atomic E-state index is 12.9. The molecule has 2 aromatic rings. The highest BCUT2D eigenvalue weighted by Gasteiger charge is 2.31. The van der Waals surface area contributed by atoms with Crippen molar-refractivity contribution in [2.24, 2.45) is 0 Å². The number of likely N-dealkylation sites (tertiary alicyclic amines) is 1. The van der Waals surface area contributed by atoms with Crippen LogP contribution in [-0.4, -0.2) is 48.4 Å². The van der Waals surface area contributed by atoms with E-state index in [1.54, 1.807) is 17.0 Å². The predicted octanol–water partition coefficient (Wildman–Crippen LogP) is 2.81. The zero-order valence-corrected chi connectivity index (χ0v) is 16.1. The molecule has 2 aromatic carbocycles. The van der Waals surface area contributed by atoms with Crippen LogP contribution in [0.15, 0.2) is 48.5 Å². The molecule has 1 aliphatic heterocycles. The van der Waals surface area contributed by atoms with Crippen molar-refractivity contribution in [3.05, 3.63) is 65.5 Å². The van der Waals surface area contributed by atoms with E-state index in [4.69, 9.17) is 0 Å². The van der Waals surface area contributed by atoms with Gasteiger partial charge in [-0.2, -0.15) is 0 Å². The van der Waals surface area contributed by atoms with E-state index in [0.29, 0.717) is 18.8 Å². The molecule has 7 heteroatoms. The van der Waals surface area contributed by atoms with Gasteiger partial charge in [-0.05, 0) is 48.9 Å². The molecule has 0 unspecified atom stereocenters. The third-order valence-corrected chi connectivity index (χ3v) is 4.94. The van der Waals surface area contributed by atoms with Gasteiger partial charge in [0, 0.05) is 32.4 Å². The van der Waals surface area contributed by atoms with Gasteiger partial charge in [0.15, 0.2) is 0 Å². The highest BCUT2D eigenvalue weighted by Crippen LogP contribution is 2.18. The number of amides is 3. The molecule has 3 amide bonds. The molecule has 1 heterocycles. The van der Waals surface area contributed by atoms with Gasteiger partial charge in [-0.25, -0.2) is 9.18 Å². The first-order valence-electron chi connectivity index (χ1n) is 9.26. The monoisotopic (exact) mass is 384 g/mol. The molecule has 6 nitrogen and oxygen atoms in total. The van der Waals surface area contributed by atoms with Crippen LogP contribution in [0, 0.1) is 5.82 Å². The molecule has 0 saturated carbocycles. The number of nitrogens with zero attached hydrogens (tertiary/aromatic N) is 2. The van der Waals surface area contributed by atoms with Gasteiger partial charge in [0.05, 0.1) is 6.04 Å². The van der Waals surface area contributed by atoms with Crippen LogP contribution in [0.5, 0.6) is 0 Å². The predicted molar refractivity (Wildman–Crippen MR) is 106 cm³/mol. The van der Waals surface area contributed by atoms with Crippen LogP contribution in [0.1, 0.15) is 17.5 Å². The minimum absolute atomic E-state index is 0.0694. The van der Waals surface area contributed by atoms with Crippen LogP contribution in [0.4, 0.5) is 14.9 Å². The Bertz CT molecular complexity index is 823. The number of halogens is 1. The number of benzene rings is 2. The maximum absolute atomic E-state index is 12.9. The lowest BCUT2D eigenvalue weighted by atomic mass is 10.1. The van der Waals surface area contributed by atoms with Crippen molar-refractivity contribution in [3.63, 3.8) is 0 Å². The van der Waals surface area contributed by atoms with Crippen LogP contribution in [-0.2, 0) is 17.9 Å². The molecule has 0 aromatic heterocycles. The Morgan fingerprint density at radius 2 is 1.79 bits per heavy atom. The van der Waals surface area contributed by atoms with Gasteiger partial charge in [0.1, 0.15) is 5.82 Å². The van der Waals surface area contributed by atoms with E-state index >= 15 is 0 Å². The SMILES string of the molecule is CN1CC[C@@H](N(C)Cc2ccc(NC(=O)NCc3ccc(F)cc3)cc2)C1=O. The van der Waals surface area contributed by atoms with E-state index in [1.807, 2.05) is 38.4 Å². The van der Waals surface area contributed by atoms with E-state index < -0.39 is 0 Å². The Balaban J connectivity index is 1.47. The van der Waals surface area contributed by atoms with Crippen LogP contribution in [0.3, 0.4) is 0 Å². The first-order valence-corrected chi connectivity index (χ1v) is 9.26. The fourth-order valence-corrected chi connectivity index (χ4v) is 3.26. The summed E-state index contributed by atoms with van der Waals surface area (Å²) in [5.41, 5.74) is 2.57. The number of likely N-dealkylation sites (N-methyl/N-ethyl adjacent to an activating group) is 2. The zero-order chi connectivity index (χ0) is 20.1. The number of urea groups is 1. The van der Waals surface area contributed by atoms with Crippen molar-refractivity contribution in [1.29, 1.82) is 0 Å². The number of nitrogens with one attached hydrogen (secondary N) is 2. The Hall–Kier alpha value is -2.93. The van der Waals surface area contributed by atoms with Gasteiger partial charge in [0.25, 0.3) is 0 Å². The summed E-state index contributed by atoms with van der Waals surface area (Å²) in [7, 11) is 3.79. The van der Waals surface area contributed by atoms with Gasteiger partial charge in [-0.3, -0.25) is 9.69 Å². The molecule has 0 bridgehead atoms. The molecule has 3 rings (SSSR count). The fourth-order valence-electron chi connectivity index (χ4n) is 3.26. The molecule has 1 saturated heterocycles. The van der Waals surface area contributed by atoms with E-state index in [0.717, 1.165) is 24.1 Å². The second kappa shape index (κ2) is 8.84. The molecule has 0 aliphatic carbocycles. The van der Waals surface area contributed by atoms with Crippen LogP contribution in [0.2, 0.25) is 0 Å². The largest absolute Gasteiger partial charge is 0.344 e. The second-order valence-electron chi connectivity index (χ2n) is 7.11. The molecule has 1 fully saturated rings.